The molecule has 2 aromatic heterocycles. The Morgan fingerprint density at radius 3 is 2.28 bits per heavy atom. The Kier molecular flexibility index (Phi) is 14.4. The molecule has 1 saturated heterocycles. The van der Waals surface area contributed by atoms with Gasteiger partial charge in [0.2, 0.25) is 5.91 Å². The van der Waals surface area contributed by atoms with Crippen LogP contribution in [0.25, 0.3) is 11.2 Å². The number of fused-ring (bicyclic) bond motifs is 1. The highest BCUT2D eigenvalue weighted by Crippen LogP contribution is 2.45. The van der Waals surface area contributed by atoms with Crippen LogP contribution in [0, 0.1) is 18.4 Å². The van der Waals surface area contributed by atoms with Gasteiger partial charge in [-0.2, -0.15) is 14.4 Å². The third kappa shape index (κ3) is 10.6. The number of hydrogen-bond donors (Lipinski definition) is 1. The predicted molar refractivity (Wildman–Crippen MR) is 185 cm³/mol. The molecule has 0 saturated carbocycles. The molecule has 1 fully saturated rings. The fraction of sp³-hybridized carbons (Fsp3) is 0.743. The number of rotatable bonds is 19. The van der Waals surface area contributed by atoms with Gasteiger partial charge in [0.05, 0.1) is 12.4 Å². The maximum Gasteiger partial charge on any atom is 0.312 e. The molecule has 3 rings (SSSR count). The Morgan fingerprint density at radius 1 is 1.09 bits per heavy atom. The fourth-order valence-corrected chi connectivity index (χ4v) is 6.86. The molecule has 1 unspecified atom stereocenters. The molecule has 1 N–H and O–H groups in total. The number of terminal acetylenes is 1. The van der Waals surface area contributed by atoms with Crippen molar-refractivity contribution in [3.8, 4) is 12.3 Å². The van der Waals surface area contributed by atoms with Crippen LogP contribution >= 0.6 is 0 Å². The van der Waals surface area contributed by atoms with E-state index >= 15 is 0 Å². The van der Waals surface area contributed by atoms with Gasteiger partial charge in [-0.15, -0.1) is 6.42 Å². The first kappa shape index (κ1) is 38.6. The topological polar surface area (TPSA) is 117 Å². The van der Waals surface area contributed by atoms with Crippen molar-refractivity contribution < 1.29 is 27.9 Å². The number of aromatic nitrogens is 4. The molecule has 3 heterocycles. The van der Waals surface area contributed by atoms with E-state index < -0.39 is 38.3 Å². The second-order valence-electron chi connectivity index (χ2n) is 14.2. The lowest BCUT2D eigenvalue weighted by Gasteiger charge is -2.41. The van der Waals surface area contributed by atoms with Gasteiger partial charge >= 0.3 is 12.0 Å². The minimum absolute atomic E-state index is 0.00600. The number of esters is 1. The van der Waals surface area contributed by atoms with Gasteiger partial charge < -0.3 is 19.2 Å². The molecule has 0 spiro atoms. The van der Waals surface area contributed by atoms with E-state index in [1.807, 2.05) is 0 Å². The normalized spacial score (nSPS) is 20.0. The van der Waals surface area contributed by atoms with Crippen LogP contribution in [0.5, 0.6) is 0 Å². The van der Waals surface area contributed by atoms with E-state index in [1.165, 1.54) is 57.7 Å². The summed E-state index contributed by atoms with van der Waals surface area (Å²) >= 11 is 0. The number of hydrogen-bond acceptors (Lipinski definition) is 8. The molecule has 0 aliphatic carbocycles. The summed E-state index contributed by atoms with van der Waals surface area (Å²) in [6.07, 6.45) is 19.0. The van der Waals surface area contributed by atoms with Crippen molar-refractivity contribution >= 4 is 37.2 Å². The monoisotopic (exact) mass is 673 g/mol. The number of anilines is 1. The van der Waals surface area contributed by atoms with Crippen molar-refractivity contribution in [3.63, 3.8) is 0 Å². The standard InChI is InChI=1S/C35H56FN5O5Si/c1-9-12-13-14-15-16-17-18-19-20-21-22-27(42)38-31-30-32(40-33(36)39-31)41(25-37-30)28-23-26(46-47(7,8)34(4,5)6)35(11-3,45-28)24-44-29(43)10-2/h3,25-26,28H,9-10,12-24H2,1-2,4-8H3,(H,38,39,40,42)/t26?,28-,35-/m1/s1. The van der Waals surface area contributed by atoms with Gasteiger partial charge in [0.1, 0.15) is 12.8 Å². The zero-order valence-electron chi connectivity index (χ0n) is 29.6. The van der Waals surface area contributed by atoms with Crippen molar-refractivity contribution in [3.05, 3.63) is 12.4 Å². The van der Waals surface area contributed by atoms with E-state index in [0.717, 1.165) is 19.3 Å². The van der Waals surface area contributed by atoms with E-state index in [2.05, 4.69) is 67.0 Å². The quantitative estimate of drug-likeness (QED) is 0.0521. The lowest BCUT2D eigenvalue weighted by molar-refractivity contribution is -0.155. The van der Waals surface area contributed by atoms with E-state index in [-0.39, 0.29) is 47.4 Å². The smallest absolute Gasteiger partial charge is 0.312 e. The first-order chi connectivity index (χ1) is 22.3. The zero-order valence-corrected chi connectivity index (χ0v) is 30.6. The van der Waals surface area contributed by atoms with Gasteiger partial charge in [-0.25, -0.2) is 4.98 Å². The van der Waals surface area contributed by atoms with E-state index in [4.69, 9.17) is 20.3 Å². The predicted octanol–water partition coefficient (Wildman–Crippen LogP) is 8.24. The van der Waals surface area contributed by atoms with E-state index in [1.54, 1.807) is 11.5 Å². The largest absolute Gasteiger partial charge is 0.461 e. The third-order valence-electron chi connectivity index (χ3n) is 9.48. The number of amides is 1. The van der Waals surface area contributed by atoms with E-state index in [0.29, 0.717) is 6.42 Å². The van der Waals surface area contributed by atoms with Gasteiger partial charge in [-0.3, -0.25) is 14.2 Å². The summed E-state index contributed by atoms with van der Waals surface area (Å²) < 4.78 is 35.0. The van der Waals surface area contributed by atoms with E-state index in [9.17, 15) is 14.0 Å². The van der Waals surface area contributed by atoms with Crippen LogP contribution in [0.3, 0.4) is 0 Å². The molecule has 262 valence electrons. The molecule has 1 amide bonds. The highest BCUT2D eigenvalue weighted by atomic mass is 28.4. The first-order valence-corrected chi connectivity index (χ1v) is 20.4. The lowest BCUT2D eigenvalue weighted by Crippen LogP contribution is -2.52. The fourth-order valence-electron chi connectivity index (χ4n) is 5.50. The number of carbonyl (C=O) groups is 2. The Labute approximate surface area is 281 Å². The van der Waals surface area contributed by atoms with Crippen LogP contribution in [0.4, 0.5) is 10.2 Å². The van der Waals surface area contributed by atoms with Crippen LogP contribution in [0.15, 0.2) is 6.33 Å². The number of nitrogens with zero attached hydrogens (tertiary/aromatic N) is 4. The zero-order chi connectivity index (χ0) is 34.7. The number of carbonyl (C=O) groups excluding carboxylic acids is 2. The third-order valence-corrected chi connectivity index (χ3v) is 14.0. The molecular weight excluding hydrogens is 617 g/mol. The Hall–Kier alpha value is -2.88. The van der Waals surface area contributed by atoms with Crippen molar-refractivity contribution in [2.75, 3.05) is 11.9 Å². The summed E-state index contributed by atoms with van der Waals surface area (Å²) in [5, 5.41) is 2.61. The van der Waals surface area contributed by atoms with Crippen LogP contribution in [0.1, 0.15) is 131 Å². The van der Waals surface area contributed by atoms with Gasteiger partial charge in [-0.1, -0.05) is 105 Å². The molecule has 12 heteroatoms. The van der Waals surface area contributed by atoms with Crippen molar-refractivity contribution in [1.29, 1.82) is 0 Å². The Bertz CT molecular complexity index is 1370. The molecule has 10 nitrogen and oxygen atoms in total. The van der Waals surface area contributed by atoms with Crippen molar-refractivity contribution in [1.82, 2.24) is 19.5 Å². The summed E-state index contributed by atoms with van der Waals surface area (Å²) in [5.74, 6) is 2.06. The lowest BCUT2D eigenvalue weighted by atomic mass is 9.99. The second-order valence-corrected chi connectivity index (χ2v) is 19.0. The Morgan fingerprint density at radius 2 is 1.70 bits per heavy atom. The van der Waals surface area contributed by atoms with Crippen LogP contribution < -0.4 is 5.32 Å². The van der Waals surface area contributed by atoms with Crippen LogP contribution in [-0.2, 0) is 23.5 Å². The molecule has 1 aliphatic rings. The average Bonchev–Trinajstić information content (AvgIpc) is 3.59. The van der Waals surface area contributed by atoms with Gasteiger partial charge in [0, 0.05) is 19.3 Å². The molecule has 47 heavy (non-hydrogen) atoms. The van der Waals surface area contributed by atoms with Crippen LogP contribution in [0.2, 0.25) is 18.1 Å². The molecule has 0 bridgehead atoms. The summed E-state index contributed by atoms with van der Waals surface area (Å²) in [6.45, 7) is 14.3. The molecule has 2 aromatic rings. The summed E-state index contributed by atoms with van der Waals surface area (Å²) in [7, 11) is -2.35. The van der Waals surface area contributed by atoms with Gasteiger partial charge in [-0.05, 0) is 24.6 Å². The average molecular weight is 674 g/mol. The Balaban J connectivity index is 1.68. The second kappa shape index (κ2) is 17.5. The van der Waals surface area contributed by atoms with Gasteiger partial charge in [0.25, 0.3) is 0 Å². The minimum Gasteiger partial charge on any atom is -0.461 e. The maximum atomic E-state index is 14.8. The molecular formula is C35H56FN5O5Si. The number of halogens is 1. The highest BCUT2D eigenvalue weighted by Gasteiger charge is 2.54. The number of unbranched alkanes of at least 4 members (excludes halogenated alkanes) is 10. The summed E-state index contributed by atoms with van der Waals surface area (Å²) in [5.41, 5.74) is -0.990. The van der Waals surface area contributed by atoms with Crippen molar-refractivity contribution in [2.24, 2.45) is 0 Å². The minimum atomic E-state index is -2.35. The number of nitrogens with one attached hydrogen (secondary N) is 1. The summed E-state index contributed by atoms with van der Waals surface area (Å²) in [6, 6.07) is 0. The molecule has 0 aromatic carbocycles. The SMILES string of the molecule is C#C[C@]1(COC(=O)CC)O[C@@H](n2cnc3c(NC(=O)CCCCCCCCCCCCC)nc(F)nc32)CC1O[Si](C)(C)C(C)(C)C. The summed E-state index contributed by atoms with van der Waals surface area (Å²) in [4.78, 5) is 37.2. The molecule has 0 radical (unpaired) electrons. The number of imidazole rings is 1. The maximum absolute atomic E-state index is 14.8. The number of ether oxygens (including phenoxy) is 2. The van der Waals surface area contributed by atoms with Gasteiger partial charge in [0.15, 0.2) is 30.9 Å². The molecule has 1 aliphatic heterocycles. The van der Waals surface area contributed by atoms with Crippen molar-refractivity contribution in [2.45, 2.75) is 161 Å². The molecule has 3 atom stereocenters. The first-order valence-electron chi connectivity index (χ1n) is 17.5. The highest BCUT2D eigenvalue weighted by molar-refractivity contribution is 6.74. The van der Waals surface area contributed by atoms with Crippen LogP contribution in [-0.4, -0.2) is 58.0 Å².